The largest absolute Gasteiger partial charge is 0.457 e. The molecule has 1 aliphatic heterocycles. The Bertz CT molecular complexity index is 923. The summed E-state index contributed by atoms with van der Waals surface area (Å²) in [7, 11) is 0. The van der Waals surface area contributed by atoms with Gasteiger partial charge in [-0.3, -0.25) is 4.79 Å². The second kappa shape index (κ2) is 5.76. The Morgan fingerprint density at radius 3 is 2.52 bits per heavy atom. The van der Waals surface area contributed by atoms with Crippen LogP contribution in [0.2, 0.25) is 5.02 Å². The molecule has 1 aliphatic rings. The van der Waals surface area contributed by atoms with Crippen molar-refractivity contribution in [3.63, 3.8) is 0 Å². The molecule has 0 bridgehead atoms. The van der Waals surface area contributed by atoms with Crippen molar-refractivity contribution in [2.24, 2.45) is 0 Å². The molecule has 0 fully saturated rings. The summed E-state index contributed by atoms with van der Waals surface area (Å²) in [5.41, 5.74) is 1.71. The molecule has 0 N–H and O–H groups in total. The summed E-state index contributed by atoms with van der Waals surface area (Å²) in [5, 5.41) is 0.688. The molecule has 4 heteroatoms. The molecule has 2 nitrogen and oxygen atoms in total. The quantitative estimate of drug-likeness (QED) is 0.542. The van der Waals surface area contributed by atoms with Gasteiger partial charge in [0.15, 0.2) is 0 Å². The zero-order chi connectivity index (χ0) is 15.8. The molecule has 0 saturated carbocycles. The minimum Gasteiger partial charge on any atom is -0.457 e. The van der Waals surface area contributed by atoms with Crippen LogP contribution in [0.3, 0.4) is 0 Å². The van der Waals surface area contributed by atoms with Crippen LogP contribution in [-0.4, -0.2) is 5.78 Å². The number of hydrogen-bond acceptors (Lipinski definition) is 3. The lowest BCUT2D eigenvalue weighted by atomic mass is 10.1. The van der Waals surface area contributed by atoms with E-state index in [0.717, 1.165) is 21.8 Å². The molecule has 1 aromatic heterocycles. The monoisotopic (exact) mass is 338 g/mol. The van der Waals surface area contributed by atoms with Crippen molar-refractivity contribution in [2.45, 2.75) is 4.90 Å². The van der Waals surface area contributed by atoms with E-state index in [1.807, 2.05) is 60.7 Å². The minimum absolute atomic E-state index is 0.0510. The van der Waals surface area contributed by atoms with Crippen LogP contribution in [0.15, 0.2) is 74.9 Å². The van der Waals surface area contributed by atoms with Gasteiger partial charge >= 0.3 is 0 Å². The number of allylic oxidation sites excluding steroid dienone is 1. The number of rotatable bonds is 2. The second-order valence-corrected chi connectivity index (χ2v) is 6.67. The van der Waals surface area contributed by atoms with Gasteiger partial charge in [0.1, 0.15) is 11.5 Å². The lowest BCUT2D eigenvalue weighted by Crippen LogP contribution is -1.93. The maximum Gasteiger partial charge on any atom is 0.200 e. The minimum atomic E-state index is 0.0510. The predicted molar refractivity (Wildman–Crippen MR) is 93.8 cm³/mol. The summed E-state index contributed by atoms with van der Waals surface area (Å²) in [6.45, 7) is 0. The number of Topliss-reactive ketones (excluding diaryl/α,β-unsaturated/α-hetero) is 1. The molecule has 3 aromatic rings. The second-order valence-electron chi connectivity index (χ2n) is 5.14. The molecule has 2 heterocycles. The summed E-state index contributed by atoms with van der Waals surface area (Å²) in [6.07, 6.45) is 1.80. The van der Waals surface area contributed by atoms with E-state index in [1.165, 1.54) is 11.8 Å². The Kier molecular flexibility index (Phi) is 3.60. The Morgan fingerprint density at radius 1 is 0.957 bits per heavy atom. The molecule has 0 atom stereocenters. The third-order valence-corrected chi connectivity index (χ3v) is 4.96. The van der Waals surface area contributed by atoms with Crippen LogP contribution in [0.1, 0.15) is 16.1 Å². The van der Waals surface area contributed by atoms with E-state index in [-0.39, 0.29) is 5.78 Å². The molecule has 0 aliphatic carbocycles. The zero-order valence-electron chi connectivity index (χ0n) is 12.0. The van der Waals surface area contributed by atoms with E-state index < -0.39 is 0 Å². The maximum atomic E-state index is 12.4. The predicted octanol–water partition coefficient (Wildman–Crippen LogP) is 5.93. The smallest absolute Gasteiger partial charge is 0.200 e. The number of carbonyl (C=O) groups is 1. The van der Waals surface area contributed by atoms with Crippen LogP contribution in [0.4, 0.5) is 0 Å². The van der Waals surface area contributed by atoms with Gasteiger partial charge in [-0.1, -0.05) is 35.5 Å². The fourth-order valence-corrected chi connectivity index (χ4v) is 3.62. The van der Waals surface area contributed by atoms with Crippen molar-refractivity contribution >= 4 is 35.2 Å². The fraction of sp³-hybridized carbons (Fsp3) is 0. The third kappa shape index (κ3) is 2.74. The first-order valence-corrected chi connectivity index (χ1v) is 8.29. The number of ketones is 1. The standard InChI is InChI=1S/C19H11ClO2S/c20-13-7-5-12(6-8-13)16-10-9-14(22-16)11-18-19(21)15-3-1-2-4-17(15)23-18/h1-11H. The molecular formula is C19H11ClO2S. The van der Waals surface area contributed by atoms with Crippen molar-refractivity contribution in [1.82, 2.24) is 0 Å². The number of benzene rings is 2. The Labute approximate surface area is 142 Å². The van der Waals surface area contributed by atoms with Crippen LogP contribution in [0.5, 0.6) is 0 Å². The van der Waals surface area contributed by atoms with Crippen LogP contribution in [0.25, 0.3) is 17.4 Å². The molecule has 4 rings (SSSR count). The zero-order valence-corrected chi connectivity index (χ0v) is 13.5. The average molecular weight is 339 g/mol. The van der Waals surface area contributed by atoms with Gasteiger partial charge in [0.25, 0.3) is 0 Å². The summed E-state index contributed by atoms with van der Waals surface area (Å²) in [5.74, 6) is 1.47. The van der Waals surface area contributed by atoms with Gasteiger partial charge in [-0.05, 0) is 54.6 Å². The lowest BCUT2D eigenvalue weighted by molar-refractivity contribution is 0.104. The highest BCUT2D eigenvalue weighted by Crippen LogP contribution is 2.40. The van der Waals surface area contributed by atoms with E-state index in [1.54, 1.807) is 6.08 Å². The molecular weight excluding hydrogens is 328 g/mol. The molecule has 2 aromatic carbocycles. The van der Waals surface area contributed by atoms with Crippen molar-refractivity contribution in [1.29, 1.82) is 0 Å². The van der Waals surface area contributed by atoms with Crippen molar-refractivity contribution < 1.29 is 9.21 Å². The number of halogens is 1. The first-order valence-electron chi connectivity index (χ1n) is 7.10. The molecule has 112 valence electrons. The van der Waals surface area contributed by atoms with E-state index >= 15 is 0 Å². The molecule has 23 heavy (non-hydrogen) atoms. The Hall–Kier alpha value is -2.23. The average Bonchev–Trinajstić information content (AvgIpc) is 3.15. The van der Waals surface area contributed by atoms with Crippen LogP contribution < -0.4 is 0 Å². The van der Waals surface area contributed by atoms with Gasteiger partial charge in [0.2, 0.25) is 5.78 Å². The van der Waals surface area contributed by atoms with Crippen molar-refractivity contribution in [3.05, 3.63) is 81.9 Å². The van der Waals surface area contributed by atoms with Gasteiger partial charge in [-0.15, -0.1) is 0 Å². The number of fused-ring (bicyclic) bond motifs is 1. The van der Waals surface area contributed by atoms with Crippen molar-refractivity contribution in [2.75, 3.05) is 0 Å². The first-order chi connectivity index (χ1) is 11.2. The highest BCUT2D eigenvalue weighted by molar-refractivity contribution is 8.04. The fourth-order valence-electron chi connectivity index (χ4n) is 2.46. The van der Waals surface area contributed by atoms with E-state index in [9.17, 15) is 4.79 Å². The number of carbonyl (C=O) groups excluding carboxylic acids is 1. The highest BCUT2D eigenvalue weighted by atomic mass is 35.5. The Balaban J connectivity index is 1.64. The van der Waals surface area contributed by atoms with Crippen LogP contribution in [0, 0.1) is 0 Å². The highest BCUT2D eigenvalue weighted by Gasteiger charge is 2.25. The van der Waals surface area contributed by atoms with E-state index in [0.29, 0.717) is 15.7 Å². The number of hydrogen-bond donors (Lipinski definition) is 0. The number of furan rings is 1. The van der Waals surface area contributed by atoms with Gasteiger partial charge < -0.3 is 4.42 Å². The SMILES string of the molecule is O=C1C(=Cc2ccc(-c3ccc(Cl)cc3)o2)Sc2ccccc21. The molecule has 0 unspecified atom stereocenters. The van der Waals surface area contributed by atoms with Gasteiger partial charge in [-0.2, -0.15) is 0 Å². The summed E-state index contributed by atoms with van der Waals surface area (Å²) in [4.78, 5) is 14.0. The van der Waals surface area contributed by atoms with Gasteiger partial charge in [-0.25, -0.2) is 0 Å². The maximum absolute atomic E-state index is 12.4. The first kappa shape index (κ1) is 14.4. The number of thioether (sulfide) groups is 1. The molecule has 0 saturated heterocycles. The lowest BCUT2D eigenvalue weighted by Gasteiger charge is -1.97. The molecule has 0 radical (unpaired) electrons. The summed E-state index contributed by atoms with van der Waals surface area (Å²) < 4.78 is 5.83. The van der Waals surface area contributed by atoms with Gasteiger partial charge in [0.05, 0.1) is 4.91 Å². The molecule has 0 spiro atoms. The van der Waals surface area contributed by atoms with Crippen LogP contribution in [-0.2, 0) is 0 Å². The summed E-state index contributed by atoms with van der Waals surface area (Å²) in [6, 6.07) is 18.9. The van der Waals surface area contributed by atoms with Crippen molar-refractivity contribution in [3.8, 4) is 11.3 Å². The third-order valence-electron chi connectivity index (χ3n) is 3.60. The van der Waals surface area contributed by atoms with E-state index in [4.69, 9.17) is 16.0 Å². The Morgan fingerprint density at radius 2 is 1.74 bits per heavy atom. The van der Waals surface area contributed by atoms with Gasteiger partial charge in [0, 0.05) is 21.0 Å². The molecule has 0 amide bonds. The van der Waals surface area contributed by atoms with E-state index in [2.05, 4.69) is 0 Å². The normalized spacial score (nSPS) is 15.2. The summed E-state index contributed by atoms with van der Waals surface area (Å²) >= 11 is 7.38. The van der Waals surface area contributed by atoms with Crippen LogP contribution >= 0.6 is 23.4 Å². The topological polar surface area (TPSA) is 30.2 Å².